The van der Waals surface area contributed by atoms with Crippen molar-refractivity contribution in [2.24, 2.45) is 0 Å². The summed E-state index contributed by atoms with van der Waals surface area (Å²) in [6.45, 7) is 16.2. The maximum atomic E-state index is 10.6. The van der Waals surface area contributed by atoms with Gasteiger partial charge in [-0.05, 0) is 47.3 Å². The predicted octanol–water partition coefficient (Wildman–Crippen LogP) is 4.30. The first-order chi connectivity index (χ1) is 10.2. The number of carbonyl (C=O) groups is 2. The molecule has 2 fully saturated rings. The minimum atomic E-state index is 0. The van der Waals surface area contributed by atoms with E-state index in [2.05, 4.69) is 27.7 Å². The fourth-order valence-corrected chi connectivity index (χ4v) is 2.85. The molecule has 2 saturated carbocycles. The van der Waals surface area contributed by atoms with Gasteiger partial charge in [0.05, 0.1) is 11.8 Å². The Bertz CT molecular complexity index is 320. The Balaban J connectivity index is 0.000000403. The van der Waals surface area contributed by atoms with Gasteiger partial charge in [0.15, 0.2) is 0 Å². The van der Waals surface area contributed by atoms with Crippen LogP contribution in [0.5, 0.6) is 0 Å². The molecule has 0 aliphatic heterocycles. The third-order valence-electron chi connectivity index (χ3n) is 5.23. The van der Waals surface area contributed by atoms with E-state index in [0.717, 1.165) is 48.1 Å². The third kappa shape index (κ3) is 4.48. The number of carbonyl (C=O) groups excluding carboxylic acids is 2. The van der Waals surface area contributed by atoms with E-state index in [1.165, 1.54) is 23.7 Å². The molecule has 2 nitrogen and oxygen atoms in total. The van der Waals surface area contributed by atoms with Gasteiger partial charge in [-0.3, -0.25) is 0 Å². The molecule has 2 rings (SSSR count). The smallest absolute Gasteiger partial charge is 0.128 e. The maximum absolute atomic E-state index is 10.6. The van der Waals surface area contributed by atoms with Crippen LogP contribution in [0.3, 0.4) is 0 Å². The molecular formula is C20H26FeO2. The molecule has 0 N–H and O–H groups in total. The quantitative estimate of drug-likeness (QED) is 0.547. The molecule has 23 heavy (non-hydrogen) atoms. The molecule has 0 bridgehead atoms. The van der Waals surface area contributed by atoms with Crippen LogP contribution in [0.25, 0.3) is 0 Å². The van der Waals surface area contributed by atoms with Gasteiger partial charge in [-0.25, -0.2) is 0 Å². The molecule has 126 valence electrons. The van der Waals surface area contributed by atoms with E-state index >= 15 is 0 Å². The molecule has 0 heterocycles. The summed E-state index contributed by atoms with van der Waals surface area (Å²) < 4.78 is 0. The van der Waals surface area contributed by atoms with Crippen molar-refractivity contribution in [1.29, 1.82) is 0 Å². The van der Waals surface area contributed by atoms with Crippen molar-refractivity contribution >= 4 is 12.6 Å². The first kappa shape index (κ1) is 22.9. The zero-order valence-corrected chi connectivity index (χ0v) is 16.4. The van der Waals surface area contributed by atoms with Gasteiger partial charge in [0.2, 0.25) is 0 Å². The predicted molar refractivity (Wildman–Crippen MR) is 90.0 cm³/mol. The van der Waals surface area contributed by atoms with Gasteiger partial charge in [-0.15, -0.1) is 0 Å². The number of hydrogen-bond acceptors (Lipinski definition) is 2. The van der Waals surface area contributed by atoms with Gasteiger partial charge in [0.25, 0.3) is 0 Å². The second-order valence-electron chi connectivity index (χ2n) is 6.06. The molecule has 3 heteroatoms. The molecule has 0 amide bonds. The molecule has 0 aromatic rings. The monoisotopic (exact) mass is 354 g/mol. The van der Waals surface area contributed by atoms with E-state index < -0.39 is 0 Å². The summed E-state index contributed by atoms with van der Waals surface area (Å²) in [7, 11) is 0. The van der Waals surface area contributed by atoms with Crippen molar-refractivity contribution in [3.05, 3.63) is 59.2 Å². The van der Waals surface area contributed by atoms with Crippen molar-refractivity contribution in [2.45, 2.75) is 55.4 Å². The van der Waals surface area contributed by atoms with Crippen molar-refractivity contribution in [2.75, 3.05) is 0 Å². The van der Waals surface area contributed by atoms with E-state index in [4.69, 9.17) is 0 Å². The third-order valence-corrected chi connectivity index (χ3v) is 5.23. The normalized spacial score (nSPS) is 25.4. The molecule has 10 radical (unpaired) electrons. The zero-order chi connectivity index (χ0) is 17.2. The van der Waals surface area contributed by atoms with Crippen LogP contribution in [0.15, 0.2) is 0 Å². The molecule has 0 spiro atoms. The van der Waals surface area contributed by atoms with Gasteiger partial charge in [-0.2, -0.15) is 0 Å². The molecule has 2 aliphatic rings. The molecule has 0 saturated heterocycles. The van der Waals surface area contributed by atoms with E-state index in [1.54, 1.807) is 0 Å². The van der Waals surface area contributed by atoms with Crippen LogP contribution in [0.1, 0.15) is 55.4 Å². The van der Waals surface area contributed by atoms with Crippen LogP contribution in [-0.2, 0) is 26.7 Å². The minimum absolute atomic E-state index is 0. The van der Waals surface area contributed by atoms with Gasteiger partial charge in [0, 0.05) is 17.1 Å². The Morgan fingerprint density at radius 1 is 0.435 bits per heavy atom. The Labute approximate surface area is 154 Å². The van der Waals surface area contributed by atoms with Crippen molar-refractivity contribution in [1.82, 2.24) is 0 Å². The van der Waals surface area contributed by atoms with Crippen LogP contribution < -0.4 is 0 Å². The zero-order valence-electron chi connectivity index (χ0n) is 15.3. The Morgan fingerprint density at radius 3 is 0.696 bits per heavy atom. The summed E-state index contributed by atoms with van der Waals surface area (Å²) >= 11 is 0. The van der Waals surface area contributed by atoms with Crippen LogP contribution in [0.4, 0.5) is 0 Å². The Hall–Kier alpha value is -0.141. The van der Waals surface area contributed by atoms with Crippen LogP contribution >= 0.6 is 0 Å². The average molecular weight is 354 g/mol. The topological polar surface area (TPSA) is 34.1 Å². The summed E-state index contributed by atoms with van der Waals surface area (Å²) in [5, 5.41) is 0. The second-order valence-corrected chi connectivity index (χ2v) is 6.06. The van der Waals surface area contributed by atoms with Crippen molar-refractivity contribution < 1.29 is 26.7 Å². The van der Waals surface area contributed by atoms with Crippen molar-refractivity contribution in [3.8, 4) is 0 Å². The summed E-state index contributed by atoms with van der Waals surface area (Å²) in [5.41, 5.74) is 0. The largest absolute Gasteiger partial charge is 0.303 e. The second kappa shape index (κ2) is 9.37. The van der Waals surface area contributed by atoms with Gasteiger partial charge >= 0.3 is 0 Å². The maximum Gasteiger partial charge on any atom is 0.128 e. The molecule has 0 aromatic carbocycles. The van der Waals surface area contributed by atoms with E-state index in [0.29, 0.717) is 0 Å². The van der Waals surface area contributed by atoms with Crippen molar-refractivity contribution in [3.63, 3.8) is 0 Å². The van der Waals surface area contributed by atoms with E-state index in [-0.39, 0.29) is 17.1 Å². The molecular weight excluding hydrogens is 328 g/mol. The van der Waals surface area contributed by atoms with E-state index in [9.17, 15) is 9.59 Å². The fourth-order valence-electron chi connectivity index (χ4n) is 2.85. The van der Waals surface area contributed by atoms with Gasteiger partial charge < -0.3 is 9.59 Å². The molecule has 0 atom stereocenters. The van der Waals surface area contributed by atoms with Crippen LogP contribution in [-0.4, -0.2) is 12.6 Å². The SMILES string of the molecule is C[C]1[C](C)[C](C)[C](C=O)[C]1C.C[C]1[C](C)[C](C)[C](C=O)[C]1C.[Fe]. The summed E-state index contributed by atoms with van der Waals surface area (Å²) in [4.78, 5) is 21.2. The Kier molecular flexibility index (Phi) is 9.31. The van der Waals surface area contributed by atoms with Crippen LogP contribution in [0, 0.1) is 59.2 Å². The number of aldehydes is 2. The standard InChI is InChI=1S/2C10H13O.Fe/c2*1-6-7(2)9(4)10(5-11)8(6)3;/h2*5H,1-4H3;. The summed E-state index contributed by atoms with van der Waals surface area (Å²) in [5.74, 6) is 11.3. The van der Waals surface area contributed by atoms with Gasteiger partial charge in [-0.1, -0.05) is 55.4 Å². The average Bonchev–Trinajstić information content (AvgIpc) is 2.81. The number of rotatable bonds is 2. The molecule has 0 aromatic heterocycles. The van der Waals surface area contributed by atoms with Gasteiger partial charge in [0.1, 0.15) is 12.6 Å². The fraction of sp³-hybridized carbons (Fsp3) is 0.400. The minimum Gasteiger partial charge on any atom is -0.303 e. The van der Waals surface area contributed by atoms with E-state index in [1.807, 2.05) is 27.7 Å². The van der Waals surface area contributed by atoms with Crippen LogP contribution in [0.2, 0.25) is 0 Å². The summed E-state index contributed by atoms with van der Waals surface area (Å²) in [6.07, 6.45) is 1.90. The molecule has 0 unspecified atom stereocenters. The Morgan fingerprint density at radius 2 is 0.609 bits per heavy atom. The summed E-state index contributed by atoms with van der Waals surface area (Å²) in [6, 6.07) is 0. The first-order valence-corrected chi connectivity index (χ1v) is 7.55. The number of hydrogen-bond donors (Lipinski definition) is 0. The molecule has 2 aliphatic carbocycles. The first-order valence-electron chi connectivity index (χ1n) is 7.55.